The topological polar surface area (TPSA) is 53.2 Å². The number of nitrogens with one attached hydrogen (secondary N) is 3. The van der Waals surface area contributed by atoms with Gasteiger partial charge in [0.05, 0.1) is 0 Å². The largest absolute Gasteiger partial charge is 0.335 e. The molecular weight excluding hydrogens is 262 g/mol. The SMILES string of the molecule is CNC1CCC(NC(=O)Nc2cccc(Cl)c2)CC1. The van der Waals surface area contributed by atoms with Gasteiger partial charge < -0.3 is 16.0 Å². The second-order valence-corrected chi connectivity index (χ2v) is 5.38. The molecule has 0 atom stereocenters. The molecule has 4 nitrogen and oxygen atoms in total. The Labute approximate surface area is 118 Å². The summed E-state index contributed by atoms with van der Waals surface area (Å²) in [5.41, 5.74) is 0.717. The Kier molecular flexibility index (Phi) is 5.05. The van der Waals surface area contributed by atoms with Crippen LogP contribution in [0.4, 0.5) is 10.5 Å². The van der Waals surface area contributed by atoms with Crippen molar-refractivity contribution in [3.8, 4) is 0 Å². The summed E-state index contributed by atoms with van der Waals surface area (Å²) in [4.78, 5) is 11.9. The number of carbonyl (C=O) groups is 1. The normalized spacial score (nSPS) is 22.8. The maximum absolute atomic E-state index is 11.9. The molecule has 1 fully saturated rings. The molecule has 1 aliphatic carbocycles. The summed E-state index contributed by atoms with van der Waals surface area (Å²) in [6.45, 7) is 0. The second kappa shape index (κ2) is 6.78. The molecule has 1 aliphatic rings. The fraction of sp³-hybridized carbons (Fsp3) is 0.500. The molecule has 1 aromatic carbocycles. The summed E-state index contributed by atoms with van der Waals surface area (Å²) >= 11 is 5.87. The van der Waals surface area contributed by atoms with Gasteiger partial charge in [-0.2, -0.15) is 0 Å². The summed E-state index contributed by atoms with van der Waals surface area (Å²) in [7, 11) is 1.99. The molecule has 0 aromatic heterocycles. The lowest BCUT2D eigenvalue weighted by Gasteiger charge is -2.28. The second-order valence-electron chi connectivity index (χ2n) is 4.95. The van der Waals surface area contributed by atoms with E-state index < -0.39 is 0 Å². The number of amides is 2. The first-order chi connectivity index (χ1) is 9.17. The fourth-order valence-electron chi connectivity index (χ4n) is 2.45. The molecule has 0 unspecified atom stereocenters. The number of urea groups is 1. The van der Waals surface area contributed by atoms with Crippen LogP contribution in [0.15, 0.2) is 24.3 Å². The Hall–Kier alpha value is -1.26. The minimum atomic E-state index is -0.157. The van der Waals surface area contributed by atoms with E-state index in [1.165, 1.54) is 0 Å². The molecule has 104 valence electrons. The van der Waals surface area contributed by atoms with Crippen molar-refractivity contribution in [1.82, 2.24) is 10.6 Å². The van der Waals surface area contributed by atoms with Crippen molar-refractivity contribution in [3.63, 3.8) is 0 Å². The van der Waals surface area contributed by atoms with E-state index in [0.717, 1.165) is 25.7 Å². The van der Waals surface area contributed by atoms with Gasteiger partial charge in [-0.3, -0.25) is 0 Å². The van der Waals surface area contributed by atoms with Crippen LogP contribution in [0, 0.1) is 0 Å². The monoisotopic (exact) mass is 281 g/mol. The highest BCUT2D eigenvalue weighted by molar-refractivity contribution is 6.30. The lowest BCUT2D eigenvalue weighted by Crippen LogP contribution is -2.43. The zero-order valence-corrected chi connectivity index (χ0v) is 11.8. The summed E-state index contributed by atoms with van der Waals surface area (Å²) in [6.07, 6.45) is 4.26. The van der Waals surface area contributed by atoms with Crippen molar-refractivity contribution in [2.75, 3.05) is 12.4 Å². The standard InChI is InChI=1S/C14H20ClN3O/c1-16-11-5-7-12(8-6-11)17-14(19)18-13-4-2-3-10(15)9-13/h2-4,9,11-12,16H,5-8H2,1H3,(H2,17,18,19). The number of rotatable bonds is 3. The highest BCUT2D eigenvalue weighted by Crippen LogP contribution is 2.19. The summed E-state index contributed by atoms with van der Waals surface area (Å²) in [5, 5.41) is 9.71. The van der Waals surface area contributed by atoms with E-state index >= 15 is 0 Å². The van der Waals surface area contributed by atoms with E-state index in [-0.39, 0.29) is 12.1 Å². The number of hydrogen-bond donors (Lipinski definition) is 3. The van der Waals surface area contributed by atoms with Crippen LogP contribution in [-0.4, -0.2) is 25.2 Å². The van der Waals surface area contributed by atoms with Gasteiger partial charge in [0.25, 0.3) is 0 Å². The molecule has 1 aromatic rings. The predicted molar refractivity (Wildman–Crippen MR) is 78.7 cm³/mol. The molecule has 19 heavy (non-hydrogen) atoms. The minimum Gasteiger partial charge on any atom is -0.335 e. The summed E-state index contributed by atoms with van der Waals surface area (Å²) < 4.78 is 0. The van der Waals surface area contributed by atoms with Crippen molar-refractivity contribution in [3.05, 3.63) is 29.3 Å². The number of hydrogen-bond acceptors (Lipinski definition) is 2. The molecule has 0 saturated heterocycles. The highest BCUT2D eigenvalue weighted by Gasteiger charge is 2.21. The van der Waals surface area contributed by atoms with Crippen molar-refractivity contribution in [1.29, 1.82) is 0 Å². The third-order valence-electron chi connectivity index (χ3n) is 3.55. The molecule has 0 heterocycles. The Morgan fingerprint density at radius 2 is 1.89 bits per heavy atom. The van der Waals surface area contributed by atoms with Crippen molar-refractivity contribution in [2.24, 2.45) is 0 Å². The van der Waals surface area contributed by atoms with Gasteiger partial charge in [-0.15, -0.1) is 0 Å². The Balaban J connectivity index is 1.79. The van der Waals surface area contributed by atoms with Gasteiger partial charge in [0.2, 0.25) is 0 Å². The first kappa shape index (κ1) is 14.2. The van der Waals surface area contributed by atoms with E-state index in [2.05, 4.69) is 16.0 Å². The number of carbonyl (C=O) groups excluding carboxylic acids is 1. The molecule has 3 N–H and O–H groups in total. The van der Waals surface area contributed by atoms with Crippen LogP contribution in [0.3, 0.4) is 0 Å². The van der Waals surface area contributed by atoms with Crippen molar-refractivity contribution < 1.29 is 4.79 Å². The van der Waals surface area contributed by atoms with Crippen LogP contribution in [0.1, 0.15) is 25.7 Å². The summed E-state index contributed by atoms with van der Waals surface area (Å²) in [6, 6.07) is 7.86. The molecule has 2 amide bonds. The molecule has 0 radical (unpaired) electrons. The fourth-order valence-corrected chi connectivity index (χ4v) is 2.64. The lowest BCUT2D eigenvalue weighted by atomic mass is 9.91. The first-order valence-corrected chi connectivity index (χ1v) is 7.05. The van der Waals surface area contributed by atoms with E-state index in [1.54, 1.807) is 12.1 Å². The van der Waals surface area contributed by atoms with Crippen LogP contribution in [0.25, 0.3) is 0 Å². The van der Waals surface area contributed by atoms with Gasteiger partial charge in [-0.05, 0) is 50.9 Å². The van der Waals surface area contributed by atoms with E-state index in [0.29, 0.717) is 16.8 Å². The molecular formula is C14H20ClN3O. The zero-order chi connectivity index (χ0) is 13.7. The van der Waals surface area contributed by atoms with E-state index in [9.17, 15) is 4.79 Å². The third kappa shape index (κ3) is 4.40. The number of benzene rings is 1. The van der Waals surface area contributed by atoms with Gasteiger partial charge in [-0.1, -0.05) is 17.7 Å². The lowest BCUT2D eigenvalue weighted by molar-refractivity contribution is 0.241. The van der Waals surface area contributed by atoms with E-state index in [1.807, 2.05) is 19.2 Å². The Morgan fingerprint density at radius 1 is 1.21 bits per heavy atom. The van der Waals surface area contributed by atoms with Gasteiger partial charge in [-0.25, -0.2) is 4.79 Å². The molecule has 0 spiro atoms. The van der Waals surface area contributed by atoms with Crippen molar-refractivity contribution >= 4 is 23.3 Å². The number of halogens is 1. The highest BCUT2D eigenvalue weighted by atomic mass is 35.5. The van der Waals surface area contributed by atoms with Crippen LogP contribution < -0.4 is 16.0 Å². The third-order valence-corrected chi connectivity index (χ3v) is 3.79. The molecule has 5 heteroatoms. The zero-order valence-electron chi connectivity index (χ0n) is 11.1. The van der Waals surface area contributed by atoms with Crippen molar-refractivity contribution in [2.45, 2.75) is 37.8 Å². The molecule has 1 saturated carbocycles. The summed E-state index contributed by atoms with van der Waals surface area (Å²) in [5.74, 6) is 0. The Morgan fingerprint density at radius 3 is 2.53 bits per heavy atom. The number of anilines is 1. The average Bonchev–Trinajstić information content (AvgIpc) is 2.39. The van der Waals surface area contributed by atoms with Crippen LogP contribution in [0.2, 0.25) is 5.02 Å². The molecule has 0 bridgehead atoms. The van der Waals surface area contributed by atoms with Gasteiger partial charge >= 0.3 is 6.03 Å². The van der Waals surface area contributed by atoms with Gasteiger partial charge in [0.1, 0.15) is 0 Å². The maximum atomic E-state index is 11.9. The van der Waals surface area contributed by atoms with Crippen LogP contribution >= 0.6 is 11.6 Å². The average molecular weight is 282 g/mol. The maximum Gasteiger partial charge on any atom is 0.319 e. The van der Waals surface area contributed by atoms with Gasteiger partial charge in [0, 0.05) is 22.8 Å². The molecule has 0 aliphatic heterocycles. The quantitative estimate of drug-likeness (QED) is 0.798. The first-order valence-electron chi connectivity index (χ1n) is 6.67. The smallest absolute Gasteiger partial charge is 0.319 e. The van der Waals surface area contributed by atoms with E-state index in [4.69, 9.17) is 11.6 Å². The Bertz CT molecular complexity index is 430. The van der Waals surface area contributed by atoms with Crippen LogP contribution in [0.5, 0.6) is 0 Å². The predicted octanol–water partition coefficient (Wildman–Crippen LogP) is 2.99. The molecule has 2 rings (SSSR count). The van der Waals surface area contributed by atoms with Gasteiger partial charge in [0.15, 0.2) is 0 Å². The minimum absolute atomic E-state index is 0.157. The van der Waals surface area contributed by atoms with Crippen LogP contribution in [-0.2, 0) is 0 Å².